The van der Waals surface area contributed by atoms with Gasteiger partial charge in [0.15, 0.2) is 5.82 Å². The van der Waals surface area contributed by atoms with Crippen LogP contribution in [0, 0.1) is 0 Å². The first-order valence-corrected chi connectivity index (χ1v) is 14.4. The Bertz CT molecular complexity index is 2180. The van der Waals surface area contributed by atoms with Gasteiger partial charge in [-0.3, -0.25) is 0 Å². The second-order valence-corrected chi connectivity index (χ2v) is 11.4. The van der Waals surface area contributed by atoms with E-state index in [4.69, 9.17) is 21.6 Å². The van der Waals surface area contributed by atoms with Gasteiger partial charge in [0.25, 0.3) is 0 Å². The van der Waals surface area contributed by atoms with Crippen molar-refractivity contribution in [2.45, 2.75) is 0 Å². The molecule has 8 aromatic rings. The number of thiophene rings is 1. The molecule has 0 aliphatic rings. The zero-order valence-electron chi connectivity index (χ0n) is 21.3. The molecule has 0 bridgehead atoms. The number of rotatable bonds is 3. The fraction of sp³-hybridized carbons (Fsp3) is 0. The van der Waals surface area contributed by atoms with Gasteiger partial charge in [0.1, 0.15) is 0 Å². The van der Waals surface area contributed by atoms with Crippen molar-refractivity contribution < 1.29 is 0 Å². The minimum Gasteiger partial charge on any atom is -0.226 e. The summed E-state index contributed by atoms with van der Waals surface area (Å²) >= 11 is 8.59. The van der Waals surface area contributed by atoms with Crippen molar-refractivity contribution >= 4 is 64.8 Å². The third-order valence-corrected chi connectivity index (χ3v) is 8.87. The molecule has 0 atom stereocenters. The van der Waals surface area contributed by atoms with Gasteiger partial charge in [0, 0.05) is 26.2 Å². The molecule has 0 N–H and O–H groups in total. The Balaban J connectivity index is 1.43. The molecule has 188 valence electrons. The van der Waals surface area contributed by atoms with E-state index in [2.05, 4.69) is 115 Å². The van der Waals surface area contributed by atoms with Gasteiger partial charge in [-0.2, -0.15) is 0 Å². The summed E-state index contributed by atoms with van der Waals surface area (Å²) in [5.41, 5.74) is 6.11. The topological polar surface area (TPSA) is 25.8 Å². The van der Waals surface area contributed by atoms with E-state index in [1.807, 2.05) is 12.1 Å². The van der Waals surface area contributed by atoms with E-state index < -0.39 is 0 Å². The monoisotopic (exact) mass is 548 g/mol. The fourth-order valence-electron chi connectivity index (χ4n) is 5.70. The van der Waals surface area contributed by atoms with E-state index in [0.717, 1.165) is 38.0 Å². The van der Waals surface area contributed by atoms with Crippen LogP contribution in [0.3, 0.4) is 0 Å². The molecule has 0 aliphatic heterocycles. The first-order chi connectivity index (χ1) is 19.7. The molecule has 0 fully saturated rings. The molecule has 4 heteroatoms. The lowest BCUT2D eigenvalue weighted by Crippen LogP contribution is -1.94. The van der Waals surface area contributed by atoms with E-state index in [1.54, 1.807) is 11.3 Å². The van der Waals surface area contributed by atoms with Crippen LogP contribution < -0.4 is 0 Å². The van der Waals surface area contributed by atoms with Gasteiger partial charge in [-0.05, 0) is 63.0 Å². The Morgan fingerprint density at radius 1 is 0.525 bits per heavy atom. The van der Waals surface area contributed by atoms with Crippen LogP contribution in [0.15, 0.2) is 127 Å². The lowest BCUT2D eigenvalue weighted by atomic mass is 9.91. The Labute approximate surface area is 240 Å². The number of hydrogen-bond acceptors (Lipinski definition) is 3. The zero-order valence-corrected chi connectivity index (χ0v) is 22.9. The van der Waals surface area contributed by atoms with Crippen molar-refractivity contribution in [2.24, 2.45) is 0 Å². The second kappa shape index (κ2) is 9.27. The predicted molar refractivity (Wildman–Crippen MR) is 171 cm³/mol. The van der Waals surface area contributed by atoms with Crippen molar-refractivity contribution in [2.75, 3.05) is 0 Å². The van der Waals surface area contributed by atoms with Crippen LogP contribution in [0.25, 0.3) is 75.6 Å². The number of fused-ring (bicyclic) bond motifs is 5. The molecule has 0 aliphatic carbocycles. The molecule has 0 saturated heterocycles. The predicted octanol–water partition coefficient (Wildman–Crippen LogP) is 10.8. The van der Waals surface area contributed by atoms with Crippen LogP contribution in [-0.2, 0) is 0 Å². The summed E-state index contributed by atoms with van der Waals surface area (Å²) < 4.78 is 2.30. The van der Waals surface area contributed by atoms with E-state index in [9.17, 15) is 0 Å². The molecule has 40 heavy (non-hydrogen) atoms. The molecule has 0 amide bonds. The highest BCUT2D eigenvalue weighted by Gasteiger charge is 2.18. The summed E-state index contributed by atoms with van der Waals surface area (Å²) in [6.45, 7) is 0. The Morgan fingerprint density at radius 3 is 1.90 bits per heavy atom. The summed E-state index contributed by atoms with van der Waals surface area (Å²) in [6.07, 6.45) is 0. The molecular weight excluding hydrogens is 528 g/mol. The molecule has 0 unspecified atom stereocenters. The highest BCUT2D eigenvalue weighted by molar-refractivity contribution is 7.26. The van der Waals surface area contributed by atoms with Crippen molar-refractivity contribution in [3.8, 4) is 33.8 Å². The van der Waals surface area contributed by atoms with Crippen LogP contribution in [-0.4, -0.2) is 9.97 Å². The summed E-state index contributed by atoms with van der Waals surface area (Å²) in [5, 5.41) is 6.59. The van der Waals surface area contributed by atoms with E-state index >= 15 is 0 Å². The van der Waals surface area contributed by atoms with Gasteiger partial charge in [-0.15, -0.1) is 11.3 Å². The smallest absolute Gasteiger partial charge is 0.160 e. The Hall–Kier alpha value is -4.57. The highest BCUT2D eigenvalue weighted by atomic mass is 35.5. The van der Waals surface area contributed by atoms with Crippen LogP contribution in [0.1, 0.15) is 0 Å². The highest BCUT2D eigenvalue weighted by Crippen LogP contribution is 2.42. The van der Waals surface area contributed by atoms with Gasteiger partial charge in [-0.1, -0.05) is 109 Å². The third kappa shape index (κ3) is 3.78. The van der Waals surface area contributed by atoms with Gasteiger partial charge in [-0.25, -0.2) is 9.97 Å². The number of halogens is 1. The number of aromatic nitrogens is 2. The first kappa shape index (κ1) is 23.3. The van der Waals surface area contributed by atoms with Gasteiger partial charge < -0.3 is 0 Å². The summed E-state index contributed by atoms with van der Waals surface area (Å²) in [6, 6.07) is 44.3. The molecule has 0 saturated carbocycles. The van der Waals surface area contributed by atoms with Gasteiger partial charge >= 0.3 is 0 Å². The van der Waals surface area contributed by atoms with Gasteiger partial charge in [0.2, 0.25) is 0 Å². The van der Waals surface area contributed by atoms with E-state index in [0.29, 0.717) is 10.8 Å². The van der Waals surface area contributed by atoms with Crippen molar-refractivity contribution in [3.63, 3.8) is 0 Å². The summed E-state index contributed by atoms with van der Waals surface area (Å²) in [4.78, 5) is 10.3. The molecule has 0 radical (unpaired) electrons. The quantitative estimate of drug-likeness (QED) is 0.205. The molecule has 6 aromatic carbocycles. The minimum absolute atomic E-state index is 0.657. The third-order valence-electron chi connectivity index (χ3n) is 7.48. The van der Waals surface area contributed by atoms with Crippen LogP contribution in [0.5, 0.6) is 0 Å². The lowest BCUT2D eigenvalue weighted by molar-refractivity contribution is 1.24. The lowest BCUT2D eigenvalue weighted by Gasteiger charge is -2.14. The van der Waals surface area contributed by atoms with Crippen LogP contribution in [0.4, 0.5) is 0 Å². The molecule has 2 nitrogen and oxygen atoms in total. The molecule has 0 spiro atoms. The number of hydrogen-bond donors (Lipinski definition) is 0. The zero-order chi connectivity index (χ0) is 26.6. The first-order valence-electron chi connectivity index (χ1n) is 13.2. The molecular formula is C36H21ClN2S. The van der Waals surface area contributed by atoms with E-state index in [-0.39, 0.29) is 0 Å². The standard InChI is InChI=1S/C36H21ClN2S/c37-27-20-25(32-28-14-6-4-12-23(28)18-24-13-5-7-15-29(24)32)19-26(21-27)36-38-33(22-10-2-1-3-11-22)35-34(39-36)30-16-8-9-17-31(30)40-35/h1-21H. The van der Waals surface area contributed by atoms with Gasteiger partial charge in [0.05, 0.1) is 15.9 Å². The summed E-state index contributed by atoms with van der Waals surface area (Å²) in [5.74, 6) is 0.670. The molecule has 2 aromatic heterocycles. The van der Waals surface area contributed by atoms with E-state index in [1.165, 1.54) is 31.8 Å². The average molecular weight is 549 g/mol. The van der Waals surface area contributed by atoms with Crippen molar-refractivity contribution in [1.82, 2.24) is 9.97 Å². The second-order valence-electron chi connectivity index (χ2n) is 9.96. The maximum absolute atomic E-state index is 6.85. The SMILES string of the molecule is Clc1cc(-c2nc(-c3ccccc3)c3sc4ccccc4c3n2)cc(-c2c3ccccc3cc3ccccc23)c1. The minimum atomic E-state index is 0.657. The van der Waals surface area contributed by atoms with Crippen molar-refractivity contribution in [3.05, 3.63) is 132 Å². The summed E-state index contributed by atoms with van der Waals surface area (Å²) in [7, 11) is 0. The average Bonchev–Trinajstić information content (AvgIpc) is 3.38. The largest absolute Gasteiger partial charge is 0.226 e. The Kier molecular flexibility index (Phi) is 5.41. The number of benzene rings is 6. The van der Waals surface area contributed by atoms with Crippen molar-refractivity contribution in [1.29, 1.82) is 0 Å². The van der Waals surface area contributed by atoms with Crippen LogP contribution >= 0.6 is 22.9 Å². The maximum Gasteiger partial charge on any atom is 0.160 e. The molecule has 2 heterocycles. The fourth-order valence-corrected chi connectivity index (χ4v) is 7.09. The van der Waals surface area contributed by atoms with Crippen LogP contribution in [0.2, 0.25) is 5.02 Å². The molecule has 8 rings (SSSR count). The normalized spacial score (nSPS) is 11.6. The number of nitrogens with zero attached hydrogens (tertiary/aromatic N) is 2. The maximum atomic E-state index is 6.85. The Morgan fingerprint density at radius 2 is 1.15 bits per heavy atom.